The average molecular weight is 489 g/mol. The molecule has 2 aliphatic heterocycles. The van der Waals surface area contributed by atoms with Crippen LogP contribution in [-0.2, 0) is 11.8 Å². The summed E-state index contributed by atoms with van der Waals surface area (Å²) in [6, 6.07) is 18.3. The summed E-state index contributed by atoms with van der Waals surface area (Å²) in [4.78, 5) is 0. The van der Waals surface area contributed by atoms with Gasteiger partial charge < -0.3 is 9.47 Å². The molecular formula is C34H34NO2+. The number of pyridine rings is 1. The van der Waals surface area contributed by atoms with E-state index < -0.39 is 0 Å². The number of benzene rings is 4. The van der Waals surface area contributed by atoms with Gasteiger partial charge in [-0.15, -0.1) is 0 Å². The molecule has 0 atom stereocenters. The smallest absolute Gasteiger partial charge is 0.228 e. The summed E-state index contributed by atoms with van der Waals surface area (Å²) in [7, 11) is 2.17. The molecule has 1 saturated heterocycles. The molecule has 1 aromatic heterocycles. The summed E-state index contributed by atoms with van der Waals surface area (Å²) in [6.45, 7) is 10.7. The maximum atomic E-state index is 7.03. The molecule has 2 aliphatic rings. The minimum Gasteiger partial charge on any atom is -0.455 e. The lowest BCUT2D eigenvalue weighted by Gasteiger charge is -2.28. The molecule has 0 N–H and O–H groups in total. The van der Waals surface area contributed by atoms with E-state index in [2.05, 4.69) is 94.0 Å². The van der Waals surface area contributed by atoms with E-state index in [-0.39, 0.29) is 0 Å². The summed E-state index contributed by atoms with van der Waals surface area (Å²) < 4.78 is 15.0. The minimum absolute atomic E-state index is 0.337. The molecule has 0 saturated carbocycles. The Hall–Kier alpha value is -3.43. The molecule has 3 heterocycles. The number of hydrogen-bond donors (Lipinski definition) is 0. The van der Waals surface area contributed by atoms with E-state index in [1.165, 1.54) is 65.8 Å². The van der Waals surface area contributed by atoms with Crippen LogP contribution in [0, 0.1) is 13.8 Å². The standard InChI is InChI=1S/C34H34NO2/c1-19(2)30-25-10-9-20(3)17-27(25)21(4)31-33-32-26(11-14-35(33)5)24-8-6-7-23(22-12-15-36-16-13-22)28(24)18-29(32)37-34(30)31/h6-11,14,17-19,22H,12-13,15-16H2,1-5H3/q+1. The van der Waals surface area contributed by atoms with E-state index in [1.54, 1.807) is 0 Å². The molecule has 4 aromatic carbocycles. The highest BCUT2D eigenvalue weighted by Crippen LogP contribution is 2.53. The molecule has 0 bridgehead atoms. The molecule has 0 unspecified atom stereocenters. The van der Waals surface area contributed by atoms with Gasteiger partial charge in [0.15, 0.2) is 6.20 Å². The van der Waals surface area contributed by atoms with Crippen molar-refractivity contribution in [3.63, 3.8) is 0 Å². The van der Waals surface area contributed by atoms with Crippen molar-refractivity contribution in [3.8, 4) is 22.8 Å². The first kappa shape index (κ1) is 22.7. The second-order valence-corrected chi connectivity index (χ2v) is 11.3. The van der Waals surface area contributed by atoms with Crippen LogP contribution in [0.2, 0.25) is 0 Å². The van der Waals surface area contributed by atoms with E-state index >= 15 is 0 Å². The van der Waals surface area contributed by atoms with Gasteiger partial charge in [-0.2, -0.15) is 0 Å². The molecule has 0 spiro atoms. The van der Waals surface area contributed by atoms with Gasteiger partial charge in [0.05, 0.1) is 10.9 Å². The molecule has 0 radical (unpaired) electrons. The number of aromatic nitrogens is 1. The molecular weight excluding hydrogens is 454 g/mol. The average Bonchev–Trinajstić information content (AvgIpc) is 2.90. The van der Waals surface area contributed by atoms with Crippen molar-refractivity contribution in [1.29, 1.82) is 0 Å². The van der Waals surface area contributed by atoms with E-state index in [9.17, 15) is 0 Å². The minimum atomic E-state index is 0.337. The van der Waals surface area contributed by atoms with Crippen LogP contribution in [0.4, 0.5) is 0 Å². The van der Waals surface area contributed by atoms with Gasteiger partial charge in [-0.25, -0.2) is 4.57 Å². The summed E-state index contributed by atoms with van der Waals surface area (Å²) in [5.41, 5.74) is 7.81. The molecule has 37 heavy (non-hydrogen) atoms. The summed E-state index contributed by atoms with van der Waals surface area (Å²) in [5, 5.41) is 7.76. The Bertz CT molecular complexity index is 1740. The molecule has 0 amide bonds. The fourth-order valence-electron chi connectivity index (χ4n) is 6.89. The van der Waals surface area contributed by atoms with Crippen LogP contribution in [0.5, 0.6) is 11.5 Å². The molecule has 1 fully saturated rings. The fourth-order valence-corrected chi connectivity index (χ4v) is 6.89. The first-order valence-electron chi connectivity index (χ1n) is 13.6. The van der Waals surface area contributed by atoms with Gasteiger partial charge in [0.1, 0.15) is 18.5 Å². The van der Waals surface area contributed by atoms with Gasteiger partial charge in [0, 0.05) is 30.2 Å². The van der Waals surface area contributed by atoms with Gasteiger partial charge in [0.2, 0.25) is 5.69 Å². The van der Waals surface area contributed by atoms with Crippen LogP contribution < -0.4 is 9.30 Å². The normalized spacial score (nSPS) is 15.5. The topological polar surface area (TPSA) is 22.3 Å². The van der Waals surface area contributed by atoms with Crippen molar-refractivity contribution in [2.45, 2.75) is 52.4 Å². The highest BCUT2D eigenvalue weighted by molar-refractivity contribution is 6.17. The molecule has 7 rings (SSSR count). The van der Waals surface area contributed by atoms with Crippen molar-refractivity contribution in [2.24, 2.45) is 7.05 Å². The first-order chi connectivity index (χ1) is 17.9. The number of hydrogen-bond acceptors (Lipinski definition) is 2. The maximum absolute atomic E-state index is 7.03. The molecule has 5 aromatic rings. The van der Waals surface area contributed by atoms with Crippen molar-refractivity contribution < 1.29 is 14.0 Å². The van der Waals surface area contributed by atoms with E-state index in [0.717, 1.165) is 37.6 Å². The lowest BCUT2D eigenvalue weighted by Crippen LogP contribution is -2.32. The van der Waals surface area contributed by atoms with Crippen LogP contribution >= 0.6 is 0 Å². The Morgan fingerprint density at radius 3 is 2.46 bits per heavy atom. The number of fused-ring (bicyclic) bond motifs is 5. The number of ether oxygens (including phenoxy) is 2. The monoisotopic (exact) mass is 488 g/mol. The third-order valence-electron chi connectivity index (χ3n) is 8.68. The van der Waals surface area contributed by atoms with E-state index in [4.69, 9.17) is 9.47 Å². The molecule has 3 nitrogen and oxygen atoms in total. The van der Waals surface area contributed by atoms with Crippen LogP contribution in [0.25, 0.3) is 43.6 Å². The largest absolute Gasteiger partial charge is 0.455 e. The molecule has 0 aliphatic carbocycles. The lowest BCUT2D eigenvalue weighted by molar-refractivity contribution is -0.659. The van der Waals surface area contributed by atoms with E-state index in [1.807, 2.05) is 0 Å². The third-order valence-corrected chi connectivity index (χ3v) is 8.68. The summed E-state index contributed by atoms with van der Waals surface area (Å²) in [5.74, 6) is 2.87. The Morgan fingerprint density at radius 1 is 0.865 bits per heavy atom. The van der Waals surface area contributed by atoms with Crippen LogP contribution in [0.15, 0.2) is 54.7 Å². The zero-order valence-corrected chi connectivity index (χ0v) is 22.4. The number of nitrogens with zero attached hydrogens (tertiary/aromatic N) is 1. The number of aryl methyl sites for hydroxylation is 3. The van der Waals surface area contributed by atoms with Crippen molar-refractivity contribution in [3.05, 3.63) is 77.0 Å². The fraction of sp³-hybridized carbons (Fsp3) is 0.324. The maximum Gasteiger partial charge on any atom is 0.228 e. The van der Waals surface area contributed by atoms with Gasteiger partial charge in [-0.05, 0) is 77.3 Å². The predicted molar refractivity (Wildman–Crippen MR) is 152 cm³/mol. The Labute approximate surface area is 218 Å². The predicted octanol–water partition coefficient (Wildman–Crippen LogP) is 8.38. The quantitative estimate of drug-likeness (QED) is 0.180. The van der Waals surface area contributed by atoms with Crippen molar-refractivity contribution >= 4 is 32.3 Å². The van der Waals surface area contributed by atoms with E-state index in [0.29, 0.717) is 11.8 Å². The van der Waals surface area contributed by atoms with Crippen molar-refractivity contribution in [2.75, 3.05) is 13.2 Å². The zero-order valence-electron chi connectivity index (χ0n) is 22.4. The summed E-state index contributed by atoms with van der Waals surface area (Å²) in [6.07, 6.45) is 4.38. The number of rotatable bonds is 2. The van der Waals surface area contributed by atoms with Gasteiger partial charge >= 0.3 is 0 Å². The van der Waals surface area contributed by atoms with Gasteiger partial charge in [0.25, 0.3) is 0 Å². The SMILES string of the molecule is Cc1ccc2c(C(C)C)c3c(c(C)c2c1)-c1c2c(cc4c(C5CCOCC5)cccc4c2cc[n+]1C)O3. The zero-order chi connectivity index (χ0) is 25.4. The van der Waals surface area contributed by atoms with Gasteiger partial charge in [-0.3, -0.25) is 0 Å². The highest BCUT2D eigenvalue weighted by Gasteiger charge is 2.34. The second-order valence-electron chi connectivity index (χ2n) is 11.3. The van der Waals surface area contributed by atoms with Crippen molar-refractivity contribution in [1.82, 2.24) is 0 Å². The Morgan fingerprint density at radius 2 is 1.68 bits per heavy atom. The summed E-state index contributed by atoms with van der Waals surface area (Å²) >= 11 is 0. The Balaban J connectivity index is 1.61. The lowest BCUT2D eigenvalue weighted by atomic mass is 9.83. The Kier molecular flexibility index (Phi) is 5.10. The molecule has 3 heteroatoms. The van der Waals surface area contributed by atoms with Crippen LogP contribution in [0.3, 0.4) is 0 Å². The third kappa shape index (κ3) is 3.26. The second kappa shape index (κ2) is 8.29. The molecule has 186 valence electrons. The van der Waals surface area contributed by atoms with Crippen LogP contribution in [-0.4, -0.2) is 13.2 Å². The first-order valence-corrected chi connectivity index (χ1v) is 13.6. The van der Waals surface area contributed by atoms with Crippen LogP contribution in [0.1, 0.15) is 60.8 Å². The highest BCUT2D eigenvalue weighted by atomic mass is 16.5. The van der Waals surface area contributed by atoms with Gasteiger partial charge in [-0.1, -0.05) is 55.8 Å².